The van der Waals surface area contributed by atoms with Gasteiger partial charge in [-0.1, -0.05) is 11.6 Å². The van der Waals surface area contributed by atoms with Crippen LogP contribution in [0.2, 0.25) is 0 Å². The maximum Gasteiger partial charge on any atom is 0.273 e. The van der Waals surface area contributed by atoms with E-state index in [1.54, 1.807) is 24.7 Å². The smallest absolute Gasteiger partial charge is 0.273 e. The van der Waals surface area contributed by atoms with Crippen molar-refractivity contribution in [3.05, 3.63) is 60.4 Å². The Bertz CT molecular complexity index is 855. The van der Waals surface area contributed by atoms with Crippen LogP contribution in [-0.4, -0.2) is 40.6 Å². The van der Waals surface area contributed by atoms with E-state index >= 15 is 0 Å². The summed E-state index contributed by atoms with van der Waals surface area (Å²) in [5.41, 5.74) is 1.04. The number of carbonyl (C=O) groups is 1. The van der Waals surface area contributed by atoms with Gasteiger partial charge in [-0.3, -0.25) is 14.7 Å². The number of nitrogens with one attached hydrogen (secondary N) is 1. The fraction of sp³-hybridized carbons (Fsp3) is 0.350. The van der Waals surface area contributed by atoms with Crippen molar-refractivity contribution in [3.8, 4) is 11.3 Å². The summed E-state index contributed by atoms with van der Waals surface area (Å²) in [5.74, 6) is 1.13. The fourth-order valence-corrected chi connectivity index (χ4v) is 3.43. The van der Waals surface area contributed by atoms with E-state index in [4.69, 9.17) is 8.94 Å². The van der Waals surface area contributed by atoms with Crippen LogP contribution in [-0.2, 0) is 0 Å². The minimum atomic E-state index is -0.262. The molecule has 1 atom stereocenters. The predicted molar refractivity (Wildman–Crippen MR) is 98.9 cm³/mol. The van der Waals surface area contributed by atoms with Crippen LogP contribution in [0.1, 0.15) is 41.6 Å². The molecule has 1 aliphatic heterocycles. The fourth-order valence-electron chi connectivity index (χ4n) is 3.43. The minimum absolute atomic E-state index is 0.0222. The predicted octanol–water partition coefficient (Wildman–Crippen LogP) is 3.29. The van der Waals surface area contributed by atoms with E-state index in [9.17, 15) is 4.79 Å². The van der Waals surface area contributed by atoms with Gasteiger partial charge in [0.05, 0.1) is 12.3 Å². The molecular formula is C20H22N4O3. The zero-order chi connectivity index (χ0) is 18.5. The number of likely N-dealkylation sites (tertiary alicyclic amines) is 1. The Labute approximate surface area is 157 Å². The van der Waals surface area contributed by atoms with Crippen molar-refractivity contribution < 1.29 is 13.7 Å². The largest absolute Gasteiger partial charge is 0.468 e. The van der Waals surface area contributed by atoms with E-state index in [1.807, 2.05) is 24.3 Å². The number of carbonyl (C=O) groups excluding carboxylic acids is 1. The van der Waals surface area contributed by atoms with Gasteiger partial charge in [0.1, 0.15) is 5.76 Å². The Balaban J connectivity index is 1.43. The van der Waals surface area contributed by atoms with Crippen LogP contribution in [0.5, 0.6) is 0 Å². The van der Waals surface area contributed by atoms with E-state index in [0.29, 0.717) is 12.3 Å². The third kappa shape index (κ3) is 4.09. The van der Waals surface area contributed by atoms with Gasteiger partial charge in [0.15, 0.2) is 11.5 Å². The zero-order valence-electron chi connectivity index (χ0n) is 15.0. The van der Waals surface area contributed by atoms with Crippen LogP contribution in [0, 0.1) is 0 Å². The SMILES string of the molecule is O=C(NCC(c1ccco1)N1CCCCC1)c1cc(-c2cccnc2)on1. The molecule has 0 aromatic carbocycles. The van der Waals surface area contributed by atoms with Gasteiger partial charge in [-0.05, 0) is 50.2 Å². The van der Waals surface area contributed by atoms with Gasteiger partial charge in [0.25, 0.3) is 5.91 Å². The molecule has 4 rings (SSSR count). The van der Waals surface area contributed by atoms with Crippen molar-refractivity contribution in [2.45, 2.75) is 25.3 Å². The van der Waals surface area contributed by atoms with Crippen molar-refractivity contribution in [2.24, 2.45) is 0 Å². The van der Waals surface area contributed by atoms with Gasteiger partial charge in [-0.2, -0.15) is 0 Å². The highest BCUT2D eigenvalue weighted by Crippen LogP contribution is 2.25. The monoisotopic (exact) mass is 366 g/mol. The molecular weight excluding hydrogens is 344 g/mol. The summed E-state index contributed by atoms with van der Waals surface area (Å²) in [6.45, 7) is 2.48. The van der Waals surface area contributed by atoms with Crippen molar-refractivity contribution in [1.82, 2.24) is 20.4 Å². The molecule has 1 N–H and O–H groups in total. The standard InChI is InChI=1S/C20H22N4O3/c25-20(16-12-19(27-23-16)15-6-4-8-21-13-15)22-14-17(18-7-5-11-26-18)24-9-2-1-3-10-24/h4-8,11-13,17H,1-3,9-10,14H2,(H,22,25). The van der Waals surface area contributed by atoms with Crippen LogP contribution in [0.4, 0.5) is 0 Å². The van der Waals surface area contributed by atoms with Gasteiger partial charge in [-0.15, -0.1) is 0 Å². The Hall–Kier alpha value is -2.93. The first-order valence-corrected chi connectivity index (χ1v) is 9.24. The average molecular weight is 366 g/mol. The summed E-state index contributed by atoms with van der Waals surface area (Å²) in [6, 6.07) is 9.17. The van der Waals surface area contributed by atoms with Crippen molar-refractivity contribution >= 4 is 5.91 Å². The Kier molecular flexibility index (Phi) is 5.29. The first-order chi connectivity index (χ1) is 13.3. The molecule has 3 aromatic heterocycles. The third-order valence-electron chi connectivity index (χ3n) is 4.85. The molecule has 1 amide bonds. The topological polar surface area (TPSA) is 84.4 Å². The summed E-state index contributed by atoms with van der Waals surface area (Å²) in [6.07, 6.45) is 8.62. The van der Waals surface area contributed by atoms with Crippen molar-refractivity contribution in [1.29, 1.82) is 0 Å². The van der Waals surface area contributed by atoms with Gasteiger partial charge in [0.2, 0.25) is 0 Å². The normalized spacial score (nSPS) is 16.1. The highest BCUT2D eigenvalue weighted by molar-refractivity contribution is 5.93. The summed E-state index contributed by atoms with van der Waals surface area (Å²) in [7, 11) is 0. The van der Waals surface area contributed by atoms with Crippen LogP contribution < -0.4 is 5.32 Å². The number of amides is 1. The first-order valence-electron chi connectivity index (χ1n) is 9.24. The van der Waals surface area contributed by atoms with Crippen LogP contribution in [0.25, 0.3) is 11.3 Å². The number of pyridine rings is 1. The molecule has 140 valence electrons. The summed E-state index contributed by atoms with van der Waals surface area (Å²) in [4.78, 5) is 19.0. The molecule has 0 aliphatic carbocycles. The molecule has 7 heteroatoms. The Morgan fingerprint density at radius 3 is 2.85 bits per heavy atom. The molecule has 1 fully saturated rings. The summed E-state index contributed by atoms with van der Waals surface area (Å²) >= 11 is 0. The van der Waals surface area contributed by atoms with E-state index < -0.39 is 0 Å². The molecule has 1 aliphatic rings. The highest BCUT2D eigenvalue weighted by atomic mass is 16.5. The Morgan fingerprint density at radius 2 is 2.11 bits per heavy atom. The average Bonchev–Trinajstić information content (AvgIpc) is 3.42. The van der Waals surface area contributed by atoms with Crippen molar-refractivity contribution in [2.75, 3.05) is 19.6 Å². The maximum atomic E-state index is 12.5. The maximum absolute atomic E-state index is 12.5. The molecule has 4 heterocycles. The molecule has 7 nitrogen and oxygen atoms in total. The number of aromatic nitrogens is 2. The minimum Gasteiger partial charge on any atom is -0.468 e. The molecule has 0 bridgehead atoms. The number of hydrogen-bond donors (Lipinski definition) is 1. The third-order valence-corrected chi connectivity index (χ3v) is 4.85. The van der Waals surface area contributed by atoms with E-state index in [2.05, 4.69) is 20.4 Å². The van der Waals surface area contributed by atoms with Crippen LogP contribution in [0.15, 0.2) is 57.9 Å². The summed E-state index contributed by atoms with van der Waals surface area (Å²) in [5, 5.41) is 6.86. The second kappa shape index (κ2) is 8.18. The lowest BCUT2D eigenvalue weighted by Gasteiger charge is -2.33. The molecule has 0 spiro atoms. The van der Waals surface area contributed by atoms with E-state index in [1.165, 1.54) is 19.3 Å². The van der Waals surface area contributed by atoms with Crippen LogP contribution in [0.3, 0.4) is 0 Å². The number of rotatable bonds is 6. The number of hydrogen-bond acceptors (Lipinski definition) is 6. The lowest BCUT2D eigenvalue weighted by Crippen LogP contribution is -2.40. The van der Waals surface area contributed by atoms with E-state index in [-0.39, 0.29) is 17.6 Å². The molecule has 0 saturated carbocycles. The number of piperidine rings is 1. The molecule has 1 saturated heterocycles. The van der Waals surface area contributed by atoms with Gasteiger partial charge in [0, 0.05) is 30.6 Å². The van der Waals surface area contributed by atoms with Crippen LogP contribution >= 0.6 is 0 Å². The zero-order valence-corrected chi connectivity index (χ0v) is 15.0. The van der Waals surface area contributed by atoms with Gasteiger partial charge in [-0.25, -0.2) is 0 Å². The number of nitrogens with zero attached hydrogens (tertiary/aromatic N) is 3. The molecule has 1 unspecified atom stereocenters. The van der Waals surface area contributed by atoms with E-state index in [0.717, 1.165) is 24.4 Å². The van der Waals surface area contributed by atoms with Crippen molar-refractivity contribution in [3.63, 3.8) is 0 Å². The second-order valence-electron chi connectivity index (χ2n) is 6.66. The molecule has 0 radical (unpaired) electrons. The summed E-state index contributed by atoms with van der Waals surface area (Å²) < 4.78 is 10.9. The molecule has 3 aromatic rings. The van der Waals surface area contributed by atoms with Gasteiger partial charge >= 0.3 is 0 Å². The highest BCUT2D eigenvalue weighted by Gasteiger charge is 2.25. The number of furan rings is 1. The lowest BCUT2D eigenvalue weighted by atomic mass is 10.1. The quantitative estimate of drug-likeness (QED) is 0.721. The first kappa shape index (κ1) is 17.5. The molecule has 27 heavy (non-hydrogen) atoms. The Morgan fingerprint density at radius 1 is 1.22 bits per heavy atom. The second-order valence-corrected chi connectivity index (χ2v) is 6.66. The van der Waals surface area contributed by atoms with Gasteiger partial charge < -0.3 is 14.3 Å². The lowest BCUT2D eigenvalue weighted by molar-refractivity contribution is 0.0905.